The molecule has 2 atom stereocenters. The Kier molecular flexibility index (Phi) is 3.51. The normalized spacial score (nSPS) is 24.6. The van der Waals surface area contributed by atoms with Crippen molar-refractivity contribution in [3.05, 3.63) is 12.2 Å². The standard InChI is InChI=1S/C10H16N4O2/c1-7-2-3-8(16-7)10(15)11-5-4-9-12-6-13-14-9/h6-8H,2-5H2,1H3,(H,11,15)(H,12,13,14). The van der Waals surface area contributed by atoms with Gasteiger partial charge in [-0.05, 0) is 19.8 Å². The van der Waals surface area contributed by atoms with Crippen LogP contribution in [0.2, 0.25) is 0 Å². The van der Waals surface area contributed by atoms with Crippen LogP contribution in [-0.4, -0.2) is 39.8 Å². The second kappa shape index (κ2) is 5.07. The molecular formula is C10H16N4O2. The van der Waals surface area contributed by atoms with Crippen LogP contribution in [0.5, 0.6) is 0 Å². The van der Waals surface area contributed by atoms with Gasteiger partial charge in [-0.3, -0.25) is 9.89 Å². The van der Waals surface area contributed by atoms with Crippen LogP contribution >= 0.6 is 0 Å². The van der Waals surface area contributed by atoms with Crippen molar-refractivity contribution in [3.63, 3.8) is 0 Å². The highest BCUT2D eigenvalue weighted by Gasteiger charge is 2.27. The largest absolute Gasteiger partial charge is 0.365 e. The summed E-state index contributed by atoms with van der Waals surface area (Å²) in [5, 5.41) is 9.31. The van der Waals surface area contributed by atoms with Gasteiger partial charge in [-0.25, -0.2) is 4.98 Å². The van der Waals surface area contributed by atoms with Crippen LogP contribution in [0.3, 0.4) is 0 Å². The second-order valence-corrected chi connectivity index (χ2v) is 3.99. The van der Waals surface area contributed by atoms with Crippen molar-refractivity contribution in [2.75, 3.05) is 6.54 Å². The smallest absolute Gasteiger partial charge is 0.249 e. The van der Waals surface area contributed by atoms with Crippen molar-refractivity contribution in [2.24, 2.45) is 0 Å². The number of nitrogens with one attached hydrogen (secondary N) is 2. The maximum Gasteiger partial charge on any atom is 0.249 e. The Morgan fingerprint density at radius 1 is 1.69 bits per heavy atom. The van der Waals surface area contributed by atoms with E-state index in [0.717, 1.165) is 18.7 Å². The Morgan fingerprint density at radius 2 is 2.56 bits per heavy atom. The predicted octanol–water partition coefficient (Wildman–Crippen LogP) is 0.0309. The molecule has 16 heavy (non-hydrogen) atoms. The first-order chi connectivity index (χ1) is 7.75. The van der Waals surface area contributed by atoms with E-state index in [0.29, 0.717) is 13.0 Å². The molecule has 0 spiro atoms. The van der Waals surface area contributed by atoms with Crippen molar-refractivity contribution >= 4 is 5.91 Å². The first-order valence-corrected chi connectivity index (χ1v) is 5.53. The number of ether oxygens (including phenoxy) is 1. The van der Waals surface area contributed by atoms with Crippen LogP contribution in [-0.2, 0) is 16.0 Å². The van der Waals surface area contributed by atoms with E-state index in [-0.39, 0.29) is 18.1 Å². The van der Waals surface area contributed by atoms with E-state index >= 15 is 0 Å². The summed E-state index contributed by atoms with van der Waals surface area (Å²) >= 11 is 0. The van der Waals surface area contributed by atoms with E-state index in [1.165, 1.54) is 6.33 Å². The van der Waals surface area contributed by atoms with Crippen molar-refractivity contribution in [2.45, 2.75) is 38.4 Å². The van der Waals surface area contributed by atoms with E-state index in [4.69, 9.17) is 4.74 Å². The number of aromatic amines is 1. The van der Waals surface area contributed by atoms with Crippen molar-refractivity contribution in [3.8, 4) is 0 Å². The number of aromatic nitrogens is 3. The average Bonchev–Trinajstić information content (AvgIpc) is 2.89. The van der Waals surface area contributed by atoms with Gasteiger partial charge in [-0.1, -0.05) is 0 Å². The fraction of sp³-hybridized carbons (Fsp3) is 0.700. The Labute approximate surface area is 93.8 Å². The quantitative estimate of drug-likeness (QED) is 0.756. The summed E-state index contributed by atoms with van der Waals surface area (Å²) in [6.45, 7) is 2.55. The van der Waals surface area contributed by atoms with E-state index in [1.54, 1.807) is 0 Å². The average molecular weight is 224 g/mol. The summed E-state index contributed by atoms with van der Waals surface area (Å²) in [6.07, 6.45) is 3.82. The van der Waals surface area contributed by atoms with Crippen molar-refractivity contribution in [1.29, 1.82) is 0 Å². The van der Waals surface area contributed by atoms with Gasteiger partial charge in [-0.15, -0.1) is 0 Å². The summed E-state index contributed by atoms with van der Waals surface area (Å²) < 4.78 is 5.46. The summed E-state index contributed by atoms with van der Waals surface area (Å²) in [5.74, 6) is 0.755. The first kappa shape index (κ1) is 11.1. The SMILES string of the molecule is CC1CCC(C(=O)NCCc2ncn[nH]2)O1. The van der Waals surface area contributed by atoms with E-state index in [1.807, 2.05) is 6.92 Å². The number of nitrogens with zero attached hydrogens (tertiary/aromatic N) is 2. The van der Waals surface area contributed by atoms with Gasteiger partial charge in [0.1, 0.15) is 18.3 Å². The fourth-order valence-electron chi connectivity index (χ4n) is 1.76. The van der Waals surface area contributed by atoms with E-state index in [9.17, 15) is 4.79 Å². The minimum Gasteiger partial charge on any atom is -0.365 e. The molecule has 2 rings (SSSR count). The number of hydrogen-bond donors (Lipinski definition) is 2. The van der Waals surface area contributed by atoms with Crippen molar-refractivity contribution < 1.29 is 9.53 Å². The molecule has 1 amide bonds. The third-order valence-electron chi connectivity index (χ3n) is 2.65. The molecule has 6 heteroatoms. The molecule has 6 nitrogen and oxygen atoms in total. The number of carbonyl (C=O) groups excluding carboxylic acids is 1. The fourth-order valence-corrected chi connectivity index (χ4v) is 1.76. The van der Waals surface area contributed by atoms with Crippen LogP contribution in [0.25, 0.3) is 0 Å². The van der Waals surface area contributed by atoms with E-state index < -0.39 is 0 Å². The van der Waals surface area contributed by atoms with Crippen LogP contribution in [0.4, 0.5) is 0 Å². The highest BCUT2D eigenvalue weighted by molar-refractivity contribution is 5.80. The number of amides is 1. The van der Waals surface area contributed by atoms with Gasteiger partial charge >= 0.3 is 0 Å². The zero-order valence-corrected chi connectivity index (χ0v) is 9.27. The first-order valence-electron chi connectivity index (χ1n) is 5.53. The second-order valence-electron chi connectivity index (χ2n) is 3.99. The molecule has 1 saturated heterocycles. The lowest BCUT2D eigenvalue weighted by Crippen LogP contribution is -2.35. The number of hydrogen-bond acceptors (Lipinski definition) is 4. The van der Waals surface area contributed by atoms with Crippen LogP contribution in [0.15, 0.2) is 6.33 Å². The summed E-state index contributed by atoms with van der Waals surface area (Å²) in [7, 11) is 0. The Hall–Kier alpha value is -1.43. The number of carbonyl (C=O) groups is 1. The van der Waals surface area contributed by atoms with Gasteiger partial charge in [0, 0.05) is 13.0 Å². The van der Waals surface area contributed by atoms with Crippen LogP contribution in [0.1, 0.15) is 25.6 Å². The van der Waals surface area contributed by atoms with Crippen molar-refractivity contribution in [1.82, 2.24) is 20.5 Å². The van der Waals surface area contributed by atoms with Crippen LogP contribution in [0, 0.1) is 0 Å². The van der Waals surface area contributed by atoms with Crippen LogP contribution < -0.4 is 5.32 Å². The molecule has 0 saturated carbocycles. The molecule has 1 aromatic heterocycles. The summed E-state index contributed by atoms with van der Waals surface area (Å²) in [4.78, 5) is 15.6. The molecule has 0 radical (unpaired) electrons. The van der Waals surface area contributed by atoms with E-state index in [2.05, 4.69) is 20.5 Å². The van der Waals surface area contributed by atoms with Gasteiger partial charge in [0.05, 0.1) is 6.10 Å². The van der Waals surface area contributed by atoms with Gasteiger partial charge in [0.15, 0.2) is 0 Å². The molecular weight excluding hydrogens is 208 g/mol. The lowest BCUT2D eigenvalue weighted by Gasteiger charge is -2.10. The zero-order chi connectivity index (χ0) is 11.4. The molecule has 1 aliphatic heterocycles. The predicted molar refractivity (Wildman–Crippen MR) is 56.7 cm³/mol. The topological polar surface area (TPSA) is 79.9 Å². The number of rotatable bonds is 4. The minimum absolute atomic E-state index is 0.0242. The number of H-pyrrole nitrogens is 1. The molecule has 0 aliphatic carbocycles. The Morgan fingerprint density at radius 3 is 3.19 bits per heavy atom. The maximum atomic E-state index is 11.6. The molecule has 88 valence electrons. The molecule has 2 N–H and O–H groups in total. The molecule has 2 heterocycles. The molecule has 1 aromatic rings. The maximum absolute atomic E-state index is 11.6. The molecule has 0 aromatic carbocycles. The molecule has 1 fully saturated rings. The van der Waals surface area contributed by atoms with Gasteiger partial charge < -0.3 is 10.1 Å². The minimum atomic E-state index is -0.273. The molecule has 2 unspecified atom stereocenters. The van der Waals surface area contributed by atoms with Gasteiger partial charge in [-0.2, -0.15) is 5.10 Å². The summed E-state index contributed by atoms with van der Waals surface area (Å²) in [5.41, 5.74) is 0. The lowest BCUT2D eigenvalue weighted by molar-refractivity contribution is -0.131. The molecule has 1 aliphatic rings. The highest BCUT2D eigenvalue weighted by Crippen LogP contribution is 2.18. The highest BCUT2D eigenvalue weighted by atomic mass is 16.5. The molecule has 0 bridgehead atoms. The van der Waals surface area contributed by atoms with Gasteiger partial charge in [0.2, 0.25) is 5.91 Å². The lowest BCUT2D eigenvalue weighted by atomic mass is 10.2. The Bertz CT molecular complexity index is 339. The summed E-state index contributed by atoms with van der Waals surface area (Å²) in [6, 6.07) is 0. The Balaban J connectivity index is 1.68. The third kappa shape index (κ3) is 2.79. The third-order valence-corrected chi connectivity index (χ3v) is 2.65. The zero-order valence-electron chi connectivity index (χ0n) is 9.27. The van der Waals surface area contributed by atoms with Gasteiger partial charge in [0.25, 0.3) is 0 Å². The monoisotopic (exact) mass is 224 g/mol.